The van der Waals surface area contributed by atoms with Gasteiger partial charge in [0.2, 0.25) is 0 Å². The fourth-order valence-electron chi connectivity index (χ4n) is 5.05. The lowest BCUT2D eigenvalue weighted by atomic mass is 9.98. The minimum atomic E-state index is -1.02. The van der Waals surface area contributed by atoms with E-state index in [-0.39, 0.29) is 23.9 Å². The van der Waals surface area contributed by atoms with Crippen molar-refractivity contribution in [3.63, 3.8) is 0 Å². The summed E-state index contributed by atoms with van der Waals surface area (Å²) in [6.45, 7) is 2.19. The number of ether oxygens (including phenoxy) is 1. The SMILES string of the molecule is C[C@@H](CC(=O)O)c1ccc(OCc2ccc3c(-c4cc(F)c(O)c(F)c4)nn(C4CCCC4)c3c2)cc1. The molecule has 0 bridgehead atoms. The Morgan fingerprint density at radius 3 is 2.41 bits per heavy atom. The Balaban J connectivity index is 1.42. The molecule has 4 aromatic rings. The highest BCUT2D eigenvalue weighted by atomic mass is 19.1. The first-order valence-corrected chi connectivity index (χ1v) is 12.4. The zero-order chi connectivity index (χ0) is 26.1. The molecule has 1 aliphatic rings. The third kappa shape index (κ3) is 5.14. The van der Waals surface area contributed by atoms with Gasteiger partial charge in [0.15, 0.2) is 17.4 Å². The number of carbonyl (C=O) groups is 1. The molecular weight excluding hydrogens is 478 g/mol. The van der Waals surface area contributed by atoms with Crippen LogP contribution in [-0.2, 0) is 11.4 Å². The van der Waals surface area contributed by atoms with Gasteiger partial charge < -0.3 is 14.9 Å². The molecule has 1 aromatic heterocycles. The van der Waals surface area contributed by atoms with Crippen LogP contribution in [-0.4, -0.2) is 26.0 Å². The molecule has 0 aliphatic heterocycles. The number of benzene rings is 3. The zero-order valence-electron chi connectivity index (χ0n) is 20.5. The normalized spacial score (nSPS) is 14.8. The van der Waals surface area contributed by atoms with E-state index in [0.717, 1.165) is 59.8 Å². The van der Waals surface area contributed by atoms with Gasteiger partial charge in [-0.3, -0.25) is 9.48 Å². The van der Waals surface area contributed by atoms with Crippen LogP contribution in [0.1, 0.15) is 62.1 Å². The van der Waals surface area contributed by atoms with Gasteiger partial charge in [0.25, 0.3) is 0 Å². The molecule has 192 valence electrons. The van der Waals surface area contributed by atoms with Crippen molar-refractivity contribution in [2.75, 3.05) is 0 Å². The van der Waals surface area contributed by atoms with E-state index in [9.17, 15) is 18.7 Å². The molecule has 0 radical (unpaired) electrons. The number of aliphatic carboxylic acids is 1. The van der Waals surface area contributed by atoms with Crippen LogP contribution in [0.4, 0.5) is 8.78 Å². The Morgan fingerprint density at radius 2 is 1.76 bits per heavy atom. The van der Waals surface area contributed by atoms with Gasteiger partial charge in [-0.05, 0) is 60.2 Å². The number of aromatic hydroxyl groups is 1. The number of nitrogens with zero attached hydrogens (tertiary/aromatic N) is 2. The zero-order valence-corrected chi connectivity index (χ0v) is 20.5. The molecule has 3 aromatic carbocycles. The number of hydrogen-bond acceptors (Lipinski definition) is 4. The molecule has 37 heavy (non-hydrogen) atoms. The molecule has 2 N–H and O–H groups in total. The van der Waals surface area contributed by atoms with Gasteiger partial charge in [-0.1, -0.05) is 44.0 Å². The highest BCUT2D eigenvalue weighted by molar-refractivity contribution is 5.94. The average molecular weight is 507 g/mol. The Labute approximate surface area is 213 Å². The summed E-state index contributed by atoms with van der Waals surface area (Å²) < 4.78 is 36.2. The van der Waals surface area contributed by atoms with Gasteiger partial charge in [-0.15, -0.1) is 0 Å². The summed E-state index contributed by atoms with van der Waals surface area (Å²) in [5.74, 6) is -3.28. The van der Waals surface area contributed by atoms with Gasteiger partial charge in [-0.2, -0.15) is 5.10 Å². The van der Waals surface area contributed by atoms with Crippen LogP contribution in [0.3, 0.4) is 0 Å². The summed E-state index contributed by atoms with van der Waals surface area (Å²) in [6, 6.07) is 15.6. The fourth-order valence-corrected chi connectivity index (χ4v) is 5.05. The minimum Gasteiger partial charge on any atom is -0.503 e. The summed E-state index contributed by atoms with van der Waals surface area (Å²) >= 11 is 0. The van der Waals surface area contributed by atoms with Crippen molar-refractivity contribution >= 4 is 16.9 Å². The number of carboxylic acid groups (broad SMARTS) is 1. The van der Waals surface area contributed by atoms with E-state index in [1.165, 1.54) is 0 Å². The predicted octanol–water partition coefficient (Wildman–Crippen LogP) is 6.96. The molecule has 1 fully saturated rings. The Kier molecular flexibility index (Phi) is 6.82. The van der Waals surface area contributed by atoms with E-state index >= 15 is 0 Å². The highest BCUT2D eigenvalue weighted by Crippen LogP contribution is 2.37. The molecule has 0 unspecified atom stereocenters. The van der Waals surface area contributed by atoms with Gasteiger partial charge in [-0.25, -0.2) is 8.78 Å². The number of aromatic nitrogens is 2. The Bertz CT molecular complexity index is 1420. The van der Waals surface area contributed by atoms with E-state index in [1.807, 2.05) is 54.1 Å². The molecule has 0 amide bonds. The van der Waals surface area contributed by atoms with E-state index in [0.29, 0.717) is 18.1 Å². The average Bonchev–Trinajstić information content (AvgIpc) is 3.53. The van der Waals surface area contributed by atoms with E-state index in [2.05, 4.69) is 0 Å². The number of fused-ring (bicyclic) bond motifs is 1. The second kappa shape index (κ2) is 10.2. The minimum absolute atomic E-state index is 0.0698. The van der Waals surface area contributed by atoms with Crippen LogP contribution in [0.15, 0.2) is 54.6 Å². The molecule has 8 heteroatoms. The van der Waals surface area contributed by atoms with Gasteiger partial charge >= 0.3 is 5.97 Å². The van der Waals surface area contributed by atoms with Crippen LogP contribution < -0.4 is 4.74 Å². The summed E-state index contributed by atoms with van der Waals surface area (Å²) in [7, 11) is 0. The fraction of sp³-hybridized carbons (Fsp3) is 0.310. The molecule has 0 spiro atoms. The number of rotatable bonds is 8. The largest absolute Gasteiger partial charge is 0.503 e. The first kappa shape index (κ1) is 24.7. The van der Waals surface area contributed by atoms with Crippen molar-refractivity contribution in [3.8, 4) is 22.8 Å². The van der Waals surface area contributed by atoms with Crippen molar-refractivity contribution < 1.29 is 28.5 Å². The van der Waals surface area contributed by atoms with Crippen molar-refractivity contribution in [1.82, 2.24) is 9.78 Å². The summed E-state index contributed by atoms with van der Waals surface area (Å²) in [4.78, 5) is 11.0. The van der Waals surface area contributed by atoms with E-state index in [4.69, 9.17) is 14.9 Å². The van der Waals surface area contributed by atoms with Gasteiger partial charge in [0.05, 0.1) is 18.0 Å². The van der Waals surface area contributed by atoms with E-state index < -0.39 is 23.4 Å². The van der Waals surface area contributed by atoms with Crippen LogP contribution in [0, 0.1) is 11.6 Å². The van der Waals surface area contributed by atoms with E-state index in [1.54, 1.807) is 0 Å². The lowest BCUT2D eigenvalue weighted by Crippen LogP contribution is -2.07. The Morgan fingerprint density at radius 1 is 1.08 bits per heavy atom. The van der Waals surface area contributed by atoms with Crippen LogP contribution in [0.5, 0.6) is 11.5 Å². The summed E-state index contributed by atoms with van der Waals surface area (Å²) in [5.41, 5.74) is 3.47. The molecule has 0 saturated heterocycles. The summed E-state index contributed by atoms with van der Waals surface area (Å²) in [5, 5.41) is 24.1. The second-order valence-corrected chi connectivity index (χ2v) is 9.73. The van der Waals surface area contributed by atoms with Crippen molar-refractivity contribution in [1.29, 1.82) is 0 Å². The molecular formula is C29H28F2N2O4. The molecule has 6 nitrogen and oxygen atoms in total. The van der Waals surface area contributed by atoms with Crippen LogP contribution in [0.2, 0.25) is 0 Å². The quantitative estimate of drug-likeness (QED) is 0.270. The molecule has 1 aliphatic carbocycles. The number of phenols is 1. The summed E-state index contributed by atoms with van der Waals surface area (Å²) in [6.07, 6.45) is 4.26. The third-order valence-corrected chi connectivity index (χ3v) is 7.07. The number of carboxylic acids is 1. The van der Waals surface area contributed by atoms with Gasteiger partial charge in [0.1, 0.15) is 18.1 Å². The number of halogens is 2. The molecule has 5 rings (SSSR count). The topological polar surface area (TPSA) is 84.6 Å². The van der Waals surface area contributed by atoms with Gasteiger partial charge in [0, 0.05) is 10.9 Å². The van der Waals surface area contributed by atoms with Crippen molar-refractivity contribution in [2.24, 2.45) is 0 Å². The van der Waals surface area contributed by atoms with Crippen LogP contribution in [0.25, 0.3) is 22.2 Å². The smallest absolute Gasteiger partial charge is 0.303 e. The maximum Gasteiger partial charge on any atom is 0.303 e. The van der Waals surface area contributed by atoms with Crippen molar-refractivity contribution in [3.05, 3.63) is 77.4 Å². The Hall–Kier alpha value is -3.94. The molecule has 1 heterocycles. The lowest BCUT2D eigenvalue weighted by Gasteiger charge is -2.13. The first-order chi connectivity index (χ1) is 17.8. The van der Waals surface area contributed by atoms with Crippen LogP contribution >= 0.6 is 0 Å². The monoisotopic (exact) mass is 506 g/mol. The molecule has 1 atom stereocenters. The first-order valence-electron chi connectivity index (χ1n) is 12.4. The molecule has 1 saturated carbocycles. The van der Waals surface area contributed by atoms with Crippen molar-refractivity contribution in [2.45, 2.75) is 57.6 Å². The number of hydrogen-bond donors (Lipinski definition) is 2. The predicted molar refractivity (Wildman–Crippen MR) is 136 cm³/mol. The standard InChI is InChI=1S/C29H28F2N2O4/c1-17(12-27(34)35)19-7-9-22(10-8-19)37-16-18-6-11-23-26(13-18)33(21-4-2-3-5-21)32-28(23)20-14-24(30)29(36)25(31)15-20/h6-11,13-15,17,21,36H,2-5,12,16H2,1H3,(H,34,35)/t17-/m0/s1. The number of phenolic OH excluding ortho intramolecular Hbond substituents is 1. The maximum absolute atomic E-state index is 14.1. The highest BCUT2D eigenvalue weighted by Gasteiger charge is 2.23. The lowest BCUT2D eigenvalue weighted by molar-refractivity contribution is -0.137. The maximum atomic E-state index is 14.1. The second-order valence-electron chi connectivity index (χ2n) is 9.73. The third-order valence-electron chi connectivity index (χ3n) is 7.07.